The van der Waals surface area contributed by atoms with Crippen LogP contribution in [0.15, 0.2) is 42.5 Å². The highest BCUT2D eigenvalue weighted by Gasteiger charge is 2.15. The van der Waals surface area contributed by atoms with Gasteiger partial charge in [-0.3, -0.25) is 4.79 Å². The minimum absolute atomic E-state index is 0.117. The lowest BCUT2D eigenvalue weighted by molar-refractivity contribution is -0.115. The van der Waals surface area contributed by atoms with Gasteiger partial charge in [0.1, 0.15) is 11.6 Å². The first-order chi connectivity index (χ1) is 14.1. The molecule has 0 atom stereocenters. The Labute approximate surface area is 176 Å². The number of thiazole rings is 1. The minimum Gasteiger partial charge on any atom is -0.377 e. The molecule has 6 nitrogen and oxygen atoms in total. The van der Waals surface area contributed by atoms with Crippen molar-refractivity contribution in [3.05, 3.63) is 68.6 Å². The summed E-state index contributed by atoms with van der Waals surface area (Å²) in [4.78, 5) is 18.1. The van der Waals surface area contributed by atoms with Gasteiger partial charge in [0.15, 0.2) is 0 Å². The van der Waals surface area contributed by atoms with E-state index in [0.29, 0.717) is 11.7 Å². The second-order valence-corrected chi connectivity index (χ2v) is 8.82. The molecule has 0 saturated carbocycles. The van der Waals surface area contributed by atoms with Crippen LogP contribution in [0.5, 0.6) is 0 Å². The molecule has 0 spiro atoms. The van der Waals surface area contributed by atoms with E-state index < -0.39 is 0 Å². The van der Waals surface area contributed by atoms with Crippen LogP contribution in [0.2, 0.25) is 0 Å². The smallest absolute Gasteiger partial charge is 0.231 e. The van der Waals surface area contributed by atoms with Gasteiger partial charge in [0, 0.05) is 18.4 Å². The zero-order chi connectivity index (χ0) is 20.2. The molecule has 4 rings (SSSR count). The molecule has 0 unspecified atom stereocenters. The second-order valence-electron chi connectivity index (χ2n) is 6.59. The van der Waals surface area contributed by atoms with Crippen LogP contribution >= 0.6 is 22.7 Å². The Bertz CT molecular complexity index is 1150. The van der Waals surface area contributed by atoms with E-state index in [1.54, 1.807) is 18.4 Å². The van der Waals surface area contributed by atoms with Crippen molar-refractivity contribution < 1.29 is 9.53 Å². The molecule has 2 heterocycles. The number of hydrogen-bond donors (Lipinski definition) is 1. The van der Waals surface area contributed by atoms with Crippen molar-refractivity contribution in [3.63, 3.8) is 0 Å². The van der Waals surface area contributed by atoms with Gasteiger partial charge >= 0.3 is 0 Å². The van der Waals surface area contributed by atoms with Crippen LogP contribution in [0.3, 0.4) is 0 Å². The highest BCUT2D eigenvalue weighted by molar-refractivity contribution is 7.15. The number of aromatic nitrogens is 3. The summed E-state index contributed by atoms with van der Waals surface area (Å²) in [7, 11) is 1.60. The molecule has 2 aromatic heterocycles. The van der Waals surface area contributed by atoms with Crippen LogP contribution in [-0.2, 0) is 29.0 Å². The number of nitrogens with zero attached hydrogens (tertiary/aromatic N) is 3. The van der Waals surface area contributed by atoms with Gasteiger partial charge in [-0.2, -0.15) is 0 Å². The van der Waals surface area contributed by atoms with Crippen molar-refractivity contribution in [2.45, 2.75) is 26.4 Å². The zero-order valence-electron chi connectivity index (χ0n) is 16.1. The number of carbonyl (C=O) groups is 1. The molecule has 1 amide bonds. The summed E-state index contributed by atoms with van der Waals surface area (Å²) in [5.41, 5.74) is 2.14. The van der Waals surface area contributed by atoms with Gasteiger partial charge < -0.3 is 10.1 Å². The Morgan fingerprint density at radius 3 is 2.76 bits per heavy atom. The molecule has 148 valence electrons. The van der Waals surface area contributed by atoms with E-state index in [0.717, 1.165) is 27.0 Å². The SMILES string of the molecule is COCc1nnc(NC(=O)Cc2sc(Cc3cccc4ccccc34)nc2C)s1. The summed E-state index contributed by atoms with van der Waals surface area (Å²) in [6.07, 6.45) is 1.03. The first kappa shape index (κ1) is 19.6. The highest BCUT2D eigenvalue weighted by Crippen LogP contribution is 2.26. The van der Waals surface area contributed by atoms with Crippen LogP contribution in [0.4, 0.5) is 5.13 Å². The minimum atomic E-state index is -0.117. The Balaban J connectivity index is 1.45. The Morgan fingerprint density at radius 1 is 1.07 bits per heavy atom. The molecule has 1 N–H and O–H groups in total. The third-order valence-corrected chi connectivity index (χ3v) is 6.43. The predicted molar refractivity (Wildman–Crippen MR) is 117 cm³/mol. The van der Waals surface area contributed by atoms with Gasteiger partial charge in [-0.1, -0.05) is 53.8 Å². The number of rotatable bonds is 7. The Hall–Kier alpha value is -2.68. The topological polar surface area (TPSA) is 77.0 Å². The van der Waals surface area contributed by atoms with E-state index in [-0.39, 0.29) is 12.3 Å². The zero-order valence-corrected chi connectivity index (χ0v) is 17.8. The lowest BCUT2D eigenvalue weighted by Crippen LogP contribution is -2.14. The van der Waals surface area contributed by atoms with Crippen molar-refractivity contribution in [2.24, 2.45) is 0 Å². The van der Waals surface area contributed by atoms with E-state index in [1.165, 1.54) is 27.7 Å². The van der Waals surface area contributed by atoms with E-state index in [9.17, 15) is 4.79 Å². The van der Waals surface area contributed by atoms with Crippen LogP contribution in [-0.4, -0.2) is 28.2 Å². The van der Waals surface area contributed by atoms with Gasteiger partial charge in [0.05, 0.1) is 17.1 Å². The van der Waals surface area contributed by atoms with E-state index >= 15 is 0 Å². The normalized spacial score (nSPS) is 11.1. The maximum atomic E-state index is 12.4. The lowest BCUT2D eigenvalue weighted by atomic mass is 10.0. The maximum absolute atomic E-state index is 12.4. The van der Waals surface area contributed by atoms with E-state index in [2.05, 4.69) is 51.9 Å². The van der Waals surface area contributed by atoms with Gasteiger partial charge in [-0.15, -0.1) is 21.5 Å². The van der Waals surface area contributed by atoms with Gasteiger partial charge in [0.2, 0.25) is 11.0 Å². The quantitative estimate of drug-likeness (QED) is 0.477. The first-order valence-corrected chi connectivity index (χ1v) is 10.8. The molecule has 0 aliphatic carbocycles. The molecule has 0 radical (unpaired) electrons. The first-order valence-electron chi connectivity index (χ1n) is 9.15. The summed E-state index contributed by atoms with van der Waals surface area (Å²) >= 11 is 2.91. The lowest BCUT2D eigenvalue weighted by Gasteiger charge is -2.04. The number of carbonyl (C=O) groups excluding carboxylic acids is 1. The third-order valence-electron chi connectivity index (χ3n) is 4.46. The summed E-state index contributed by atoms with van der Waals surface area (Å²) in [6.45, 7) is 2.34. The summed E-state index contributed by atoms with van der Waals surface area (Å²) in [5, 5.41) is 15.5. The van der Waals surface area contributed by atoms with Crippen LogP contribution in [0, 0.1) is 6.92 Å². The number of hydrogen-bond acceptors (Lipinski definition) is 7. The molecular weight excluding hydrogens is 404 g/mol. The van der Waals surface area contributed by atoms with E-state index in [4.69, 9.17) is 9.72 Å². The molecule has 0 fully saturated rings. The van der Waals surface area contributed by atoms with Gasteiger partial charge in [-0.05, 0) is 23.3 Å². The molecule has 0 aliphatic rings. The fraction of sp³-hybridized carbons (Fsp3) is 0.238. The largest absolute Gasteiger partial charge is 0.377 e. The van der Waals surface area contributed by atoms with Crippen LogP contribution in [0.1, 0.15) is 26.1 Å². The van der Waals surface area contributed by atoms with Crippen molar-refractivity contribution in [1.82, 2.24) is 15.2 Å². The fourth-order valence-electron chi connectivity index (χ4n) is 3.13. The molecule has 29 heavy (non-hydrogen) atoms. The van der Waals surface area contributed by atoms with E-state index in [1.807, 2.05) is 13.0 Å². The number of ether oxygens (including phenoxy) is 1. The molecule has 0 aliphatic heterocycles. The third kappa shape index (κ3) is 4.67. The molecule has 0 saturated heterocycles. The average molecular weight is 425 g/mol. The average Bonchev–Trinajstić information content (AvgIpc) is 3.28. The molecule has 0 bridgehead atoms. The monoisotopic (exact) mass is 424 g/mol. The number of fused-ring (bicyclic) bond motifs is 1. The summed E-state index contributed by atoms with van der Waals surface area (Å²) < 4.78 is 5.02. The summed E-state index contributed by atoms with van der Waals surface area (Å²) in [5.74, 6) is -0.117. The number of amides is 1. The number of benzene rings is 2. The van der Waals surface area contributed by atoms with Crippen molar-refractivity contribution >= 4 is 44.5 Å². The number of aryl methyl sites for hydroxylation is 1. The van der Waals surface area contributed by atoms with Crippen LogP contribution < -0.4 is 5.32 Å². The highest BCUT2D eigenvalue weighted by atomic mass is 32.1. The van der Waals surface area contributed by atoms with Crippen LogP contribution in [0.25, 0.3) is 10.8 Å². The molecule has 4 aromatic rings. The number of nitrogens with one attached hydrogen (secondary N) is 1. The molecular formula is C21H20N4O2S2. The van der Waals surface area contributed by atoms with Crippen molar-refractivity contribution in [3.8, 4) is 0 Å². The van der Waals surface area contributed by atoms with Crippen molar-refractivity contribution in [2.75, 3.05) is 12.4 Å². The molecule has 8 heteroatoms. The number of methoxy groups -OCH3 is 1. The Kier molecular flexibility index (Phi) is 5.94. The second kappa shape index (κ2) is 8.77. The fourth-order valence-corrected chi connectivity index (χ4v) is 4.95. The maximum Gasteiger partial charge on any atom is 0.231 e. The standard InChI is InChI=1S/C21H20N4O2S2/c1-13-17(11-18(26)23-21-25-24-20(29-21)12-27-2)28-19(22-13)10-15-8-5-7-14-6-3-4-9-16(14)15/h3-9H,10-12H2,1-2H3,(H,23,25,26). The molecule has 2 aromatic carbocycles. The van der Waals surface area contributed by atoms with Crippen molar-refractivity contribution in [1.29, 1.82) is 0 Å². The summed E-state index contributed by atoms with van der Waals surface area (Å²) in [6, 6.07) is 14.7. The van der Waals surface area contributed by atoms with Gasteiger partial charge in [-0.25, -0.2) is 4.98 Å². The number of anilines is 1. The Morgan fingerprint density at radius 2 is 1.90 bits per heavy atom. The predicted octanol–water partition coefficient (Wildman–Crippen LogP) is 4.37. The van der Waals surface area contributed by atoms with Gasteiger partial charge in [0.25, 0.3) is 0 Å².